The number of aliphatic carboxylic acids is 1. The summed E-state index contributed by atoms with van der Waals surface area (Å²) in [5.41, 5.74) is 0. The van der Waals surface area contributed by atoms with Crippen LogP contribution < -0.4 is 0 Å². The van der Waals surface area contributed by atoms with Crippen molar-refractivity contribution in [2.75, 3.05) is 44.9 Å². The lowest BCUT2D eigenvalue weighted by Crippen LogP contribution is -2.54. The molecule has 2 saturated heterocycles. The second-order valence-electron chi connectivity index (χ2n) is 4.40. The zero-order valence-electron chi connectivity index (χ0n) is 9.83. The molecular weight excluding hydrogens is 242 g/mol. The van der Waals surface area contributed by atoms with Crippen LogP contribution in [0, 0.1) is 0 Å². The van der Waals surface area contributed by atoms with Crippen molar-refractivity contribution < 1.29 is 14.7 Å². The van der Waals surface area contributed by atoms with Crippen molar-refractivity contribution in [2.45, 2.75) is 6.04 Å². The number of carboxylic acid groups (broad SMARTS) is 1. The van der Waals surface area contributed by atoms with Crippen molar-refractivity contribution >= 4 is 23.8 Å². The number of rotatable bonds is 1. The molecule has 2 amide bonds. The lowest BCUT2D eigenvalue weighted by molar-refractivity contribution is -0.141. The van der Waals surface area contributed by atoms with Crippen molar-refractivity contribution in [2.24, 2.45) is 0 Å². The van der Waals surface area contributed by atoms with E-state index in [1.54, 1.807) is 4.90 Å². The molecular formula is C10H17N3O3S. The average molecular weight is 259 g/mol. The molecule has 7 heteroatoms. The van der Waals surface area contributed by atoms with E-state index in [0.29, 0.717) is 24.7 Å². The normalized spacial score (nSPS) is 26.3. The molecule has 0 saturated carbocycles. The van der Waals surface area contributed by atoms with E-state index >= 15 is 0 Å². The van der Waals surface area contributed by atoms with Crippen molar-refractivity contribution in [1.82, 2.24) is 14.7 Å². The number of carboxylic acids is 1. The van der Waals surface area contributed by atoms with E-state index in [1.807, 2.05) is 7.05 Å². The summed E-state index contributed by atoms with van der Waals surface area (Å²) in [6, 6.07) is -0.789. The number of carbonyl (C=O) groups excluding carboxylic acids is 1. The number of thioether (sulfide) groups is 1. The summed E-state index contributed by atoms with van der Waals surface area (Å²) in [4.78, 5) is 28.6. The zero-order chi connectivity index (χ0) is 12.4. The predicted molar refractivity (Wildman–Crippen MR) is 65.1 cm³/mol. The van der Waals surface area contributed by atoms with Gasteiger partial charge in [-0.15, -0.1) is 11.8 Å². The molecule has 2 fully saturated rings. The quantitative estimate of drug-likeness (QED) is 0.707. The molecule has 17 heavy (non-hydrogen) atoms. The van der Waals surface area contributed by atoms with Crippen LogP contribution in [0.5, 0.6) is 0 Å². The van der Waals surface area contributed by atoms with Gasteiger partial charge in [-0.25, -0.2) is 9.59 Å². The van der Waals surface area contributed by atoms with Gasteiger partial charge < -0.3 is 19.8 Å². The van der Waals surface area contributed by atoms with Gasteiger partial charge in [0.15, 0.2) is 0 Å². The van der Waals surface area contributed by atoms with Crippen molar-refractivity contribution in [3.63, 3.8) is 0 Å². The van der Waals surface area contributed by atoms with E-state index in [2.05, 4.69) is 4.90 Å². The van der Waals surface area contributed by atoms with Crippen LogP contribution in [0.25, 0.3) is 0 Å². The first kappa shape index (κ1) is 12.5. The molecule has 2 rings (SSSR count). The number of amides is 2. The summed E-state index contributed by atoms with van der Waals surface area (Å²) in [6.45, 7) is 3.07. The Morgan fingerprint density at radius 2 is 1.88 bits per heavy atom. The smallest absolute Gasteiger partial charge is 0.327 e. The summed E-state index contributed by atoms with van der Waals surface area (Å²) in [6.07, 6.45) is 0. The Balaban J connectivity index is 1.97. The van der Waals surface area contributed by atoms with Crippen LogP contribution in [0.2, 0.25) is 0 Å². The van der Waals surface area contributed by atoms with Gasteiger partial charge in [0, 0.05) is 31.9 Å². The molecule has 0 aromatic rings. The molecule has 2 aliphatic rings. The van der Waals surface area contributed by atoms with Gasteiger partial charge >= 0.3 is 12.0 Å². The number of carbonyl (C=O) groups is 2. The Morgan fingerprint density at radius 3 is 2.47 bits per heavy atom. The zero-order valence-corrected chi connectivity index (χ0v) is 10.7. The minimum atomic E-state index is -0.905. The molecule has 6 nitrogen and oxygen atoms in total. The van der Waals surface area contributed by atoms with Crippen molar-refractivity contribution in [3.8, 4) is 0 Å². The van der Waals surface area contributed by atoms with Crippen LogP contribution >= 0.6 is 11.8 Å². The lowest BCUT2D eigenvalue weighted by atomic mass is 10.3. The highest BCUT2D eigenvalue weighted by atomic mass is 32.2. The fourth-order valence-corrected chi connectivity index (χ4v) is 3.15. The molecule has 0 aromatic carbocycles. The first-order valence-electron chi connectivity index (χ1n) is 5.64. The van der Waals surface area contributed by atoms with E-state index in [9.17, 15) is 9.59 Å². The highest BCUT2D eigenvalue weighted by molar-refractivity contribution is 7.99. The minimum absolute atomic E-state index is 0.129. The fourth-order valence-electron chi connectivity index (χ4n) is 2.02. The van der Waals surface area contributed by atoms with Gasteiger partial charge in [0.25, 0.3) is 0 Å². The standard InChI is InChI=1S/C10H17N3O3S/c1-11-2-4-12(5-3-11)10(16)13-7-17-6-8(13)9(14)15/h8H,2-7H2,1H3,(H,14,15). The third-order valence-electron chi connectivity index (χ3n) is 3.19. The van der Waals surface area contributed by atoms with Crippen LogP contribution in [0.15, 0.2) is 0 Å². The van der Waals surface area contributed by atoms with Gasteiger partial charge in [-0.3, -0.25) is 0 Å². The Morgan fingerprint density at radius 1 is 1.24 bits per heavy atom. The minimum Gasteiger partial charge on any atom is -0.480 e. The Bertz CT molecular complexity index is 318. The molecule has 0 radical (unpaired) electrons. The van der Waals surface area contributed by atoms with E-state index < -0.39 is 12.0 Å². The van der Waals surface area contributed by atoms with Crippen LogP contribution in [-0.4, -0.2) is 82.7 Å². The first-order chi connectivity index (χ1) is 8.09. The van der Waals surface area contributed by atoms with Gasteiger partial charge in [0.05, 0.1) is 5.88 Å². The summed E-state index contributed by atoms with van der Waals surface area (Å²) < 4.78 is 0. The molecule has 0 bridgehead atoms. The lowest BCUT2D eigenvalue weighted by Gasteiger charge is -2.35. The fraction of sp³-hybridized carbons (Fsp3) is 0.800. The maximum absolute atomic E-state index is 12.2. The maximum atomic E-state index is 12.2. The highest BCUT2D eigenvalue weighted by Crippen LogP contribution is 2.22. The Labute approximate surface area is 105 Å². The Hall–Kier alpha value is -0.950. The van der Waals surface area contributed by atoms with Crippen molar-refractivity contribution in [3.05, 3.63) is 0 Å². The number of urea groups is 1. The van der Waals surface area contributed by atoms with Crippen LogP contribution in [0.4, 0.5) is 4.79 Å². The third-order valence-corrected chi connectivity index (χ3v) is 4.20. The van der Waals surface area contributed by atoms with Gasteiger partial charge in [-0.1, -0.05) is 0 Å². The molecule has 1 unspecified atom stereocenters. The van der Waals surface area contributed by atoms with Gasteiger partial charge in [-0.05, 0) is 7.05 Å². The van der Waals surface area contributed by atoms with Crippen molar-refractivity contribution in [1.29, 1.82) is 0 Å². The number of nitrogens with zero attached hydrogens (tertiary/aromatic N) is 3. The van der Waals surface area contributed by atoms with E-state index in [1.165, 1.54) is 16.7 Å². The van der Waals surface area contributed by atoms with Gasteiger partial charge in [-0.2, -0.15) is 0 Å². The molecule has 2 heterocycles. The van der Waals surface area contributed by atoms with Gasteiger partial charge in [0.1, 0.15) is 6.04 Å². The molecule has 96 valence electrons. The summed E-state index contributed by atoms with van der Waals surface area (Å²) in [7, 11) is 2.02. The summed E-state index contributed by atoms with van der Waals surface area (Å²) in [5.74, 6) is 0.0780. The molecule has 0 aliphatic carbocycles. The van der Waals surface area contributed by atoms with Gasteiger partial charge in [0.2, 0.25) is 0 Å². The molecule has 0 aromatic heterocycles. The predicted octanol–water partition coefficient (Wildman–Crippen LogP) is -0.187. The topological polar surface area (TPSA) is 64.1 Å². The summed E-state index contributed by atoms with van der Waals surface area (Å²) in [5, 5.41) is 9.04. The first-order valence-corrected chi connectivity index (χ1v) is 6.79. The van der Waals surface area contributed by atoms with Crippen LogP contribution in [-0.2, 0) is 4.79 Å². The molecule has 2 aliphatic heterocycles. The monoisotopic (exact) mass is 259 g/mol. The number of likely N-dealkylation sites (N-methyl/N-ethyl adjacent to an activating group) is 1. The van der Waals surface area contributed by atoms with Crippen LogP contribution in [0.1, 0.15) is 0 Å². The van der Waals surface area contributed by atoms with E-state index in [-0.39, 0.29) is 6.03 Å². The Kier molecular flexibility index (Phi) is 3.78. The van der Waals surface area contributed by atoms with Crippen LogP contribution in [0.3, 0.4) is 0 Å². The number of hydrogen-bond donors (Lipinski definition) is 1. The third kappa shape index (κ3) is 2.66. The van der Waals surface area contributed by atoms with E-state index in [0.717, 1.165) is 13.1 Å². The maximum Gasteiger partial charge on any atom is 0.327 e. The SMILES string of the molecule is CN1CCN(C(=O)N2CSCC2C(=O)O)CC1. The number of piperazine rings is 1. The molecule has 1 N–H and O–H groups in total. The molecule has 0 spiro atoms. The second kappa shape index (κ2) is 5.14. The highest BCUT2D eigenvalue weighted by Gasteiger charge is 2.37. The largest absolute Gasteiger partial charge is 0.480 e. The summed E-state index contributed by atoms with van der Waals surface area (Å²) >= 11 is 1.50. The average Bonchev–Trinajstić information content (AvgIpc) is 2.78. The van der Waals surface area contributed by atoms with E-state index in [4.69, 9.17) is 5.11 Å². The second-order valence-corrected chi connectivity index (χ2v) is 5.40. The number of hydrogen-bond acceptors (Lipinski definition) is 4. The molecule has 1 atom stereocenters.